The summed E-state index contributed by atoms with van der Waals surface area (Å²) in [6.45, 7) is 0. The Morgan fingerprint density at radius 1 is 1.09 bits per heavy atom. The standard InChI is InChI=1S/C14H18N2O5S/c15-22(20,21)10-7-5-9(6-8-10)16-13(17)11-3-1-2-4-12(11)14(18)19/h5-8,11-12H,1-4H2,(H,16,17)(H,18,19)(H2,15,20,21)/p-1/t11-,12+/m1/s1. The molecule has 1 aromatic rings. The topological polar surface area (TPSA) is 129 Å². The smallest absolute Gasteiger partial charge is 0.238 e. The molecule has 1 fully saturated rings. The molecular weight excluding hydrogens is 308 g/mol. The molecule has 0 heterocycles. The van der Waals surface area contributed by atoms with Gasteiger partial charge in [-0.2, -0.15) is 0 Å². The van der Waals surface area contributed by atoms with Crippen molar-refractivity contribution in [1.82, 2.24) is 0 Å². The summed E-state index contributed by atoms with van der Waals surface area (Å²) in [5.41, 5.74) is 0.389. The highest BCUT2D eigenvalue weighted by Gasteiger charge is 2.31. The number of rotatable bonds is 4. The molecule has 0 aromatic heterocycles. The number of aliphatic carboxylic acids is 1. The first-order chi connectivity index (χ1) is 10.3. The van der Waals surface area contributed by atoms with Gasteiger partial charge in [0.15, 0.2) is 0 Å². The first kappa shape index (κ1) is 16.4. The molecule has 0 aliphatic heterocycles. The summed E-state index contributed by atoms with van der Waals surface area (Å²) in [7, 11) is -3.79. The van der Waals surface area contributed by atoms with E-state index < -0.39 is 33.7 Å². The molecule has 3 N–H and O–H groups in total. The lowest BCUT2D eigenvalue weighted by Crippen LogP contribution is -2.42. The van der Waals surface area contributed by atoms with Crippen LogP contribution in [0.1, 0.15) is 25.7 Å². The number of hydrogen-bond donors (Lipinski definition) is 2. The Bertz CT molecular complexity index is 669. The van der Waals surface area contributed by atoms with Crippen LogP contribution in [-0.4, -0.2) is 20.3 Å². The van der Waals surface area contributed by atoms with Crippen LogP contribution in [0.3, 0.4) is 0 Å². The fourth-order valence-corrected chi connectivity index (χ4v) is 3.21. The highest BCUT2D eigenvalue weighted by Crippen LogP contribution is 2.30. The van der Waals surface area contributed by atoms with Gasteiger partial charge in [0.1, 0.15) is 0 Å². The summed E-state index contributed by atoms with van der Waals surface area (Å²) in [6, 6.07) is 5.38. The average Bonchev–Trinajstić information content (AvgIpc) is 2.46. The van der Waals surface area contributed by atoms with Crippen molar-refractivity contribution < 1.29 is 23.1 Å². The van der Waals surface area contributed by atoms with Crippen molar-refractivity contribution in [2.24, 2.45) is 17.0 Å². The third-order valence-electron chi connectivity index (χ3n) is 3.86. The van der Waals surface area contributed by atoms with E-state index in [-0.39, 0.29) is 4.90 Å². The fraction of sp³-hybridized carbons (Fsp3) is 0.429. The number of nitrogens with one attached hydrogen (secondary N) is 1. The van der Waals surface area contributed by atoms with Gasteiger partial charge in [-0.15, -0.1) is 0 Å². The average molecular weight is 325 g/mol. The molecule has 0 radical (unpaired) electrons. The molecule has 1 amide bonds. The van der Waals surface area contributed by atoms with Crippen molar-refractivity contribution in [1.29, 1.82) is 0 Å². The van der Waals surface area contributed by atoms with Crippen LogP contribution >= 0.6 is 0 Å². The third-order valence-corrected chi connectivity index (χ3v) is 4.79. The number of amides is 1. The number of carboxylic acids is 1. The molecule has 1 saturated carbocycles. The van der Waals surface area contributed by atoms with E-state index in [1.165, 1.54) is 24.3 Å². The molecule has 1 aliphatic rings. The first-order valence-corrected chi connectivity index (χ1v) is 8.48. The van der Waals surface area contributed by atoms with Crippen molar-refractivity contribution in [3.05, 3.63) is 24.3 Å². The van der Waals surface area contributed by atoms with Crippen LogP contribution in [0.25, 0.3) is 0 Å². The van der Waals surface area contributed by atoms with Gasteiger partial charge in [-0.25, -0.2) is 13.6 Å². The summed E-state index contributed by atoms with van der Waals surface area (Å²) in [5, 5.41) is 18.7. The second kappa shape index (κ2) is 6.45. The SMILES string of the molecule is NS(=O)(=O)c1ccc(NC(=O)[C@@H]2CCCC[C@@H]2C(=O)[O-])cc1. The molecule has 0 saturated heterocycles. The predicted octanol–water partition coefficient (Wildman–Crippen LogP) is -0.171. The molecule has 8 heteroatoms. The van der Waals surface area contributed by atoms with E-state index in [0.29, 0.717) is 18.5 Å². The molecule has 7 nitrogen and oxygen atoms in total. The number of benzene rings is 1. The summed E-state index contributed by atoms with van der Waals surface area (Å²) in [5.74, 6) is -3.00. The summed E-state index contributed by atoms with van der Waals surface area (Å²) >= 11 is 0. The number of anilines is 1. The van der Waals surface area contributed by atoms with Crippen LogP contribution in [0.15, 0.2) is 29.2 Å². The summed E-state index contributed by atoms with van der Waals surface area (Å²) in [4.78, 5) is 23.3. The van der Waals surface area contributed by atoms with Crippen molar-refractivity contribution in [2.75, 3.05) is 5.32 Å². The van der Waals surface area contributed by atoms with E-state index in [9.17, 15) is 23.1 Å². The summed E-state index contributed by atoms with van der Waals surface area (Å²) < 4.78 is 22.3. The van der Waals surface area contributed by atoms with Crippen LogP contribution in [0, 0.1) is 11.8 Å². The lowest BCUT2D eigenvalue weighted by Gasteiger charge is -2.31. The van der Waals surface area contributed by atoms with Crippen molar-refractivity contribution >= 4 is 27.6 Å². The largest absolute Gasteiger partial charge is 0.550 e. The molecule has 120 valence electrons. The third kappa shape index (κ3) is 3.83. The van der Waals surface area contributed by atoms with Gasteiger partial charge < -0.3 is 15.2 Å². The Hall–Kier alpha value is -1.93. The van der Waals surface area contributed by atoms with Crippen molar-refractivity contribution in [3.63, 3.8) is 0 Å². The van der Waals surface area contributed by atoms with E-state index in [4.69, 9.17) is 5.14 Å². The van der Waals surface area contributed by atoms with Gasteiger partial charge in [-0.1, -0.05) is 12.8 Å². The van der Waals surface area contributed by atoms with E-state index in [1.54, 1.807) is 0 Å². The number of hydrogen-bond acceptors (Lipinski definition) is 5. The highest BCUT2D eigenvalue weighted by molar-refractivity contribution is 7.89. The maximum atomic E-state index is 12.2. The lowest BCUT2D eigenvalue weighted by molar-refractivity contribution is -0.313. The van der Waals surface area contributed by atoms with Gasteiger partial charge in [-0.3, -0.25) is 4.79 Å². The molecule has 0 bridgehead atoms. The normalized spacial score (nSPS) is 22.0. The van der Waals surface area contributed by atoms with Crippen LogP contribution < -0.4 is 15.6 Å². The molecule has 0 unspecified atom stereocenters. The van der Waals surface area contributed by atoms with E-state index in [1.807, 2.05) is 0 Å². The zero-order chi connectivity index (χ0) is 16.3. The maximum Gasteiger partial charge on any atom is 0.238 e. The number of nitrogens with two attached hydrogens (primary N) is 1. The van der Waals surface area contributed by atoms with Crippen LogP contribution in [0.5, 0.6) is 0 Å². The zero-order valence-electron chi connectivity index (χ0n) is 11.8. The summed E-state index contributed by atoms with van der Waals surface area (Å²) in [6.07, 6.45) is 2.50. The Labute approximate surface area is 128 Å². The van der Waals surface area contributed by atoms with E-state index in [2.05, 4.69) is 5.32 Å². The Morgan fingerprint density at radius 2 is 1.64 bits per heavy atom. The Kier molecular flexibility index (Phi) is 4.82. The van der Waals surface area contributed by atoms with E-state index >= 15 is 0 Å². The van der Waals surface area contributed by atoms with Gasteiger partial charge in [-0.05, 0) is 37.1 Å². The van der Waals surface area contributed by atoms with Crippen molar-refractivity contribution in [3.8, 4) is 0 Å². The van der Waals surface area contributed by atoms with Crippen LogP contribution in [0.4, 0.5) is 5.69 Å². The van der Waals surface area contributed by atoms with Gasteiger partial charge in [0.25, 0.3) is 0 Å². The Balaban J connectivity index is 2.09. The minimum Gasteiger partial charge on any atom is -0.550 e. The number of primary sulfonamides is 1. The number of sulfonamides is 1. The minimum atomic E-state index is -3.79. The van der Waals surface area contributed by atoms with Gasteiger partial charge in [0, 0.05) is 23.5 Å². The predicted molar refractivity (Wildman–Crippen MR) is 76.9 cm³/mol. The van der Waals surface area contributed by atoms with Crippen molar-refractivity contribution in [2.45, 2.75) is 30.6 Å². The zero-order valence-corrected chi connectivity index (χ0v) is 12.6. The molecule has 2 rings (SSSR count). The number of carboxylic acid groups (broad SMARTS) is 1. The van der Waals surface area contributed by atoms with Gasteiger partial charge in [0.05, 0.1) is 4.90 Å². The molecular formula is C14H17N2O5S-. The number of carbonyl (C=O) groups excluding carboxylic acids is 2. The molecule has 1 aliphatic carbocycles. The molecule has 22 heavy (non-hydrogen) atoms. The van der Waals surface area contributed by atoms with Gasteiger partial charge in [0.2, 0.25) is 15.9 Å². The lowest BCUT2D eigenvalue weighted by atomic mass is 9.78. The second-order valence-electron chi connectivity index (χ2n) is 5.38. The highest BCUT2D eigenvalue weighted by atomic mass is 32.2. The first-order valence-electron chi connectivity index (χ1n) is 6.93. The fourth-order valence-electron chi connectivity index (χ4n) is 2.69. The van der Waals surface area contributed by atoms with Gasteiger partial charge >= 0.3 is 0 Å². The molecule has 0 spiro atoms. The van der Waals surface area contributed by atoms with Crippen LogP contribution in [0.2, 0.25) is 0 Å². The minimum absolute atomic E-state index is 0.0595. The Morgan fingerprint density at radius 3 is 2.14 bits per heavy atom. The quantitative estimate of drug-likeness (QED) is 0.794. The van der Waals surface area contributed by atoms with Crippen LogP contribution in [-0.2, 0) is 19.6 Å². The van der Waals surface area contributed by atoms with E-state index in [0.717, 1.165) is 12.8 Å². The maximum absolute atomic E-state index is 12.2. The molecule has 1 aromatic carbocycles. The monoisotopic (exact) mass is 325 g/mol. The molecule has 2 atom stereocenters. The second-order valence-corrected chi connectivity index (χ2v) is 6.94. The number of carbonyl (C=O) groups is 2.